The highest BCUT2D eigenvalue weighted by molar-refractivity contribution is 6.31. The van der Waals surface area contributed by atoms with Crippen LogP contribution in [0.1, 0.15) is 19.8 Å². The molecular formula is C14H18ClNO5. The second-order valence-corrected chi connectivity index (χ2v) is 5.23. The number of carboxylic acid groups (broad SMARTS) is 1. The highest BCUT2D eigenvalue weighted by Gasteiger charge is 2.30. The maximum atomic E-state index is 12.1. The lowest BCUT2D eigenvalue weighted by Crippen LogP contribution is -2.35. The third-order valence-corrected chi connectivity index (χ3v) is 3.22. The topological polar surface area (TPSA) is 84.9 Å². The summed E-state index contributed by atoms with van der Waals surface area (Å²) in [6, 6.07) is 4.82. The number of aliphatic carboxylic acids is 1. The Bertz CT molecular complexity index is 534. The van der Waals surface area contributed by atoms with Gasteiger partial charge in [0.2, 0.25) is 5.91 Å². The van der Waals surface area contributed by atoms with Crippen molar-refractivity contribution in [1.82, 2.24) is 0 Å². The van der Waals surface area contributed by atoms with E-state index in [0.29, 0.717) is 16.5 Å². The fraction of sp³-hybridized carbons (Fsp3) is 0.429. The molecule has 21 heavy (non-hydrogen) atoms. The zero-order chi connectivity index (χ0) is 16.0. The molecule has 116 valence electrons. The Morgan fingerprint density at radius 3 is 2.52 bits per heavy atom. The van der Waals surface area contributed by atoms with Crippen LogP contribution in [0.25, 0.3) is 0 Å². The summed E-state index contributed by atoms with van der Waals surface area (Å²) in [7, 11) is 2.85. The summed E-state index contributed by atoms with van der Waals surface area (Å²) in [5.74, 6) is -0.959. The first-order chi connectivity index (χ1) is 9.79. The number of carbonyl (C=O) groups excluding carboxylic acids is 1. The van der Waals surface area contributed by atoms with Crippen molar-refractivity contribution < 1.29 is 24.2 Å². The minimum Gasteiger partial charge on any atom is -0.495 e. The van der Waals surface area contributed by atoms with Crippen molar-refractivity contribution in [1.29, 1.82) is 0 Å². The van der Waals surface area contributed by atoms with Gasteiger partial charge < -0.3 is 19.9 Å². The quantitative estimate of drug-likeness (QED) is 0.807. The fourth-order valence-electron chi connectivity index (χ4n) is 1.84. The van der Waals surface area contributed by atoms with E-state index in [0.717, 1.165) is 0 Å². The summed E-state index contributed by atoms with van der Waals surface area (Å²) >= 11 is 5.88. The summed E-state index contributed by atoms with van der Waals surface area (Å²) in [5, 5.41) is 11.9. The van der Waals surface area contributed by atoms with Crippen LogP contribution in [0.3, 0.4) is 0 Å². The van der Waals surface area contributed by atoms with Crippen LogP contribution >= 0.6 is 11.6 Å². The number of anilines is 1. The Kier molecular flexibility index (Phi) is 5.99. The molecule has 0 aliphatic carbocycles. The van der Waals surface area contributed by atoms with Crippen LogP contribution in [0.5, 0.6) is 5.75 Å². The van der Waals surface area contributed by atoms with E-state index in [-0.39, 0.29) is 18.7 Å². The standard InChI is InChI=1S/C14H18ClNO5/c1-14(21-3,8-13(18)19)7-12(17)16-10-6-9(15)4-5-11(10)20-2/h4-6H,7-8H2,1-3H3,(H,16,17)(H,18,19). The van der Waals surface area contributed by atoms with Gasteiger partial charge in [-0.05, 0) is 25.1 Å². The molecule has 0 spiro atoms. The SMILES string of the molecule is COc1ccc(Cl)cc1NC(=O)CC(C)(CC(=O)O)OC. The van der Waals surface area contributed by atoms with Crippen molar-refractivity contribution in [3.63, 3.8) is 0 Å². The molecule has 0 fully saturated rings. The zero-order valence-corrected chi connectivity index (χ0v) is 12.9. The van der Waals surface area contributed by atoms with Crippen molar-refractivity contribution in [3.05, 3.63) is 23.2 Å². The molecule has 6 nitrogen and oxygen atoms in total. The van der Waals surface area contributed by atoms with Crippen LogP contribution < -0.4 is 10.1 Å². The number of carboxylic acids is 1. The first kappa shape index (κ1) is 17.3. The largest absolute Gasteiger partial charge is 0.495 e. The first-order valence-electron chi connectivity index (χ1n) is 6.20. The lowest BCUT2D eigenvalue weighted by Gasteiger charge is -2.25. The highest BCUT2D eigenvalue weighted by Crippen LogP contribution is 2.28. The first-order valence-corrected chi connectivity index (χ1v) is 6.58. The molecule has 1 amide bonds. The lowest BCUT2D eigenvalue weighted by molar-refractivity contribution is -0.144. The van der Waals surface area contributed by atoms with E-state index in [1.165, 1.54) is 14.2 Å². The van der Waals surface area contributed by atoms with Crippen LogP contribution in [0.4, 0.5) is 5.69 Å². The van der Waals surface area contributed by atoms with Crippen molar-refractivity contribution in [2.75, 3.05) is 19.5 Å². The Balaban J connectivity index is 2.81. The molecule has 0 aliphatic heterocycles. The molecule has 7 heteroatoms. The summed E-state index contributed by atoms with van der Waals surface area (Å²) in [5.41, 5.74) is -0.661. The van der Waals surface area contributed by atoms with Crippen LogP contribution in [0.15, 0.2) is 18.2 Å². The summed E-state index contributed by atoms with van der Waals surface area (Å²) in [6.45, 7) is 1.57. The fourth-order valence-corrected chi connectivity index (χ4v) is 2.01. The molecule has 0 radical (unpaired) electrons. The van der Waals surface area contributed by atoms with Gasteiger partial charge in [0.1, 0.15) is 5.75 Å². The number of methoxy groups -OCH3 is 2. The van der Waals surface area contributed by atoms with Gasteiger partial charge in [0, 0.05) is 12.1 Å². The van der Waals surface area contributed by atoms with Crippen LogP contribution in [0.2, 0.25) is 5.02 Å². The smallest absolute Gasteiger partial charge is 0.306 e. The Hall–Kier alpha value is -1.79. The van der Waals surface area contributed by atoms with Crippen LogP contribution in [0, 0.1) is 0 Å². The summed E-state index contributed by atoms with van der Waals surface area (Å²) in [4.78, 5) is 22.9. The van der Waals surface area contributed by atoms with E-state index < -0.39 is 11.6 Å². The van der Waals surface area contributed by atoms with E-state index in [9.17, 15) is 9.59 Å². The van der Waals surface area contributed by atoms with Gasteiger partial charge in [0.25, 0.3) is 0 Å². The summed E-state index contributed by atoms with van der Waals surface area (Å²) < 4.78 is 10.3. The van der Waals surface area contributed by atoms with Crippen LogP contribution in [-0.2, 0) is 14.3 Å². The minimum absolute atomic E-state index is 0.106. The van der Waals surface area contributed by atoms with Gasteiger partial charge in [-0.1, -0.05) is 11.6 Å². The third-order valence-electron chi connectivity index (χ3n) is 2.99. The van der Waals surface area contributed by atoms with Gasteiger partial charge in [0.05, 0.1) is 31.2 Å². The third kappa shape index (κ3) is 5.24. The molecule has 1 atom stereocenters. The maximum absolute atomic E-state index is 12.1. The lowest BCUT2D eigenvalue weighted by atomic mass is 9.97. The number of halogens is 1. The predicted octanol–water partition coefficient (Wildman–Crippen LogP) is 2.56. The van der Waals surface area contributed by atoms with Crippen molar-refractivity contribution in [2.24, 2.45) is 0 Å². The normalized spacial score (nSPS) is 13.3. The number of benzene rings is 1. The minimum atomic E-state index is -1.08. The van der Waals surface area contributed by atoms with Gasteiger partial charge in [0.15, 0.2) is 0 Å². The molecular weight excluding hydrogens is 298 g/mol. The van der Waals surface area contributed by atoms with E-state index in [1.807, 2.05) is 0 Å². The number of ether oxygens (including phenoxy) is 2. The second-order valence-electron chi connectivity index (χ2n) is 4.79. The van der Waals surface area contributed by atoms with E-state index in [4.69, 9.17) is 26.2 Å². The van der Waals surface area contributed by atoms with Gasteiger partial charge in [-0.3, -0.25) is 9.59 Å². The Morgan fingerprint density at radius 2 is 2.00 bits per heavy atom. The Labute approximate surface area is 128 Å². The zero-order valence-electron chi connectivity index (χ0n) is 12.1. The number of amides is 1. The molecule has 0 saturated heterocycles. The molecule has 2 N–H and O–H groups in total. The van der Waals surface area contributed by atoms with Crippen molar-refractivity contribution in [2.45, 2.75) is 25.4 Å². The highest BCUT2D eigenvalue weighted by atomic mass is 35.5. The molecule has 1 aromatic rings. The molecule has 0 saturated carbocycles. The molecule has 0 heterocycles. The van der Waals surface area contributed by atoms with Crippen LogP contribution in [-0.4, -0.2) is 36.8 Å². The van der Waals surface area contributed by atoms with Gasteiger partial charge in [-0.15, -0.1) is 0 Å². The van der Waals surface area contributed by atoms with Gasteiger partial charge in [-0.2, -0.15) is 0 Å². The molecule has 0 aromatic heterocycles. The average Bonchev–Trinajstić information content (AvgIpc) is 2.37. The molecule has 0 aliphatic rings. The van der Waals surface area contributed by atoms with E-state index >= 15 is 0 Å². The average molecular weight is 316 g/mol. The second kappa shape index (κ2) is 7.28. The molecule has 1 rings (SSSR count). The molecule has 1 unspecified atom stereocenters. The van der Waals surface area contributed by atoms with Crippen molar-refractivity contribution >= 4 is 29.2 Å². The number of hydrogen-bond acceptors (Lipinski definition) is 4. The van der Waals surface area contributed by atoms with E-state index in [1.54, 1.807) is 25.1 Å². The van der Waals surface area contributed by atoms with E-state index in [2.05, 4.69) is 5.32 Å². The van der Waals surface area contributed by atoms with Gasteiger partial charge in [-0.25, -0.2) is 0 Å². The monoisotopic (exact) mass is 315 g/mol. The number of hydrogen-bond donors (Lipinski definition) is 2. The van der Waals surface area contributed by atoms with Crippen molar-refractivity contribution in [3.8, 4) is 5.75 Å². The molecule has 1 aromatic carbocycles. The predicted molar refractivity (Wildman–Crippen MR) is 78.9 cm³/mol. The molecule has 0 bridgehead atoms. The summed E-state index contributed by atoms with van der Waals surface area (Å²) in [6.07, 6.45) is -0.380. The number of carbonyl (C=O) groups is 2. The van der Waals surface area contributed by atoms with Gasteiger partial charge >= 0.3 is 5.97 Å². The number of nitrogens with one attached hydrogen (secondary N) is 1. The number of rotatable bonds is 7. The Morgan fingerprint density at radius 1 is 1.33 bits per heavy atom. The maximum Gasteiger partial charge on any atom is 0.306 e.